The van der Waals surface area contributed by atoms with Crippen molar-refractivity contribution in [2.24, 2.45) is 0 Å². The fraction of sp³-hybridized carbons (Fsp3) is 1.00. The number of ether oxygens (including phenoxy) is 3. The van der Waals surface area contributed by atoms with E-state index in [0.717, 1.165) is 0 Å². The van der Waals surface area contributed by atoms with Gasteiger partial charge < -0.3 is 0 Å². The Morgan fingerprint density at radius 1 is 0.724 bits per heavy atom. The molecule has 3 nitrogen and oxygen atoms in total. The highest BCUT2D eigenvalue weighted by atomic mass is 19.4. The fourth-order valence-corrected chi connectivity index (χ4v) is 1.59. The van der Waals surface area contributed by atoms with Crippen molar-refractivity contribution in [2.75, 3.05) is 0 Å². The van der Waals surface area contributed by atoms with Gasteiger partial charge in [-0.25, -0.2) is 13.2 Å². The van der Waals surface area contributed by atoms with Gasteiger partial charge in [-0.2, -0.15) is 48.3 Å². The van der Waals surface area contributed by atoms with E-state index in [1.165, 1.54) is 0 Å². The number of halogens is 14. The lowest BCUT2D eigenvalue weighted by atomic mass is 10.1. The van der Waals surface area contributed by atoms with Gasteiger partial charge in [0.1, 0.15) is 0 Å². The molecule has 1 fully saturated rings. The van der Waals surface area contributed by atoms with Gasteiger partial charge in [0, 0.05) is 13.8 Å². The minimum atomic E-state index is -7.16. The van der Waals surface area contributed by atoms with Crippen LogP contribution in [0.5, 0.6) is 0 Å². The Morgan fingerprint density at radius 2 is 1.10 bits per heavy atom. The summed E-state index contributed by atoms with van der Waals surface area (Å²) < 4.78 is 190. The van der Waals surface area contributed by atoms with Gasteiger partial charge in [0.15, 0.2) is 0 Å². The van der Waals surface area contributed by atoms with Crippen LogP contribution >= 0.6 is 0 Å². The molecule has 0 amide bonds. The Bertz CT molecular complexity index is 566. The van der Waals surface area contributed by atoms with Crippen molar-refractivity contribution in [3.63, 3.8) is 0 Å². The van der Waals surface area contributed by atoms with Crippen LogP contribution in [-0.4, -0.2) is 48.0 Å². The molecular formula is C12H14F14O3. The van der Waals surface area contributed by atoms with Crippen LogP contribution in [0, 0.1) is 0 Å². The zero-order chi connectivity index (χ0) is 22.1. The van der Waals surface area contributed by atoms with Crippen molar-refractivity contribution in [3.8, 4) is 0 Å². The van der Waals surface area contributed by atoms with Gasteiger partial charge in [-0.05, 0) is 0 Å². The van der Waals surface area contributed by atoms with E-state index >= 15 is 0 Å². The molecule has 0 N–H and O–H groups in total. The maximum Gasteiger partial charge on any atom is 0.457 e. The minimum Gasteiger partial charge on any atom is -0.273 e. The van der Waals surface area contributed by atoms with Crippen LogP contribution in [0.15, 0.2) is 0 Å². The number of hydrogen-bond donors (Lipinski definition) is 0. The maximum atomic E-state index is 14.2. The Balaban J connectivity index is 0. The molecule has 0 radical (unpaired) electrons. The van der Waals surface area contributed by atoms with Crippen molar-refractivity contribution in [1.82, 2.24) is 0 Å². The summed E-state index contributed by atoms with van der Waals surface area (Å²) >= 11 is 0. The minimum absolute atomic E-state index is 0. The predicted octanol–water partition coefficient (Wildman–Crippen LogP) is 6.34. The number of alkyl halides is 14. The fourth-order valence-electron chi connectivity index (χ4n) is 1.59. The second-order valence-electron chi connectivity index (χ2n) is 5.35. The molecule has 29 heavy (non-hydrogen) atoms. The average Bonchev–Trinajstić information content (AvgIpc) is 2.31. The molecule has 4 atom stereocenters. The average molecular weight is 472 g/mol. The summed E-state index contributed by atoms with van der Waals surface area (Å²) in [6.45, 7) is -1.68. The molecule has 0 bridgehead atoms. The van der Waals surface area contributed by atoms with E-state index in [4.69, 9.17) is 0 Å². The molecule has 0 aromatic rings. The number of hydrogen-bond acceptors (Lipinski definition) is 3. The standard InChI is InChI=1S/C10H6F14O3.2CH4/c1-3(11,12)5(14,7(16,17)18)27-10(24)6(15,8(19,20)21)26-9(22,23)4(2,13)25-10;;/h1-2H3;2*1H4. The molecule has 0 aromatic heterocycles. The molecule has 4 unspecified atom stereocenters. The van der Waals surface area contributed by atoms with Gasteiger partial charge in [0.2, 0.25) is 0 Å². The molecule has 1 aliphatic heterocycles. The van der Waals surface area contributed by atoms with Gasteiger partial charge in [-0.3, -0.25) is 14.2 Å². The predicted molar refractivity (Wildman–Crippen MR) is 65.4 cm³/mol. The normalized spacial score (nSPS) is 35.2. The lowest BCUT2D eigenvalue weighted by Crippen LogP contribution is -2.76. The first-order chi connectivity index (χ1) is 11.4. The summed E-state index contributed by atoms with van der Waals surface area (Å²) in [6.07, 6.45) is -20.3. The summed E-state index contributed by atoms with van der Waals surface area (Å²) in [5.41, 5.74) is 0. The molecule has 0 aromatic carbocycles. The van der Waals surface area contributed by atoms with Crippen LogP contribution in [0.25, 0.3) is 0 Å². The van der Waals surface area contributed by atoms with E-state index in [0.29, 0.717) is 0 Å². The van der Waals surface area contributed by atoms with E-state index in [-0.39, 0.29) is 14.9 Å². The Hall–Kier alpha value is -1.10. The summed E-state index contributed by atoms with van der Waals surface area (Å²) in [5, 5.41) is 0. The molecule has 1 saturated heterocycles. The lowest BCUT2D eigenvalue weighted by molar-refractivity contribution is -0.632. The van der Waals surface area contributed by atoms with Crippen molar-refractivity contribution in [2.45, 2.75) is 76.7 Å². The van der Waals surface area contributed by atoms with Crippen LogP contribution in [0.1, 0.15) is 28.7 Å². The highest BCUT2D eigenvalue weighted by Gasteiger charge is 2.88. The van der Waals surface area contributed by atoms with E-state index in [2.05, 4.69) is 14.2 Å². The van der Waals surface area contributed by atoms with Crippen LogP contribution in [-0.2, 0) is 14.2 Å². The summed E-state index contributed by atoms with van der Waals surface area (Å²) in [5.74, 6) is -24.9. The first-order valence-corrected chi connectivity index (χ1v) is 6.12. The molecular weight excluding hydrogens is 458 g/mol. The summed E-state index contributed by atoms with van der Waals surface area (Å²) in [4.78, 5) is 0. The first-order valence-electron chi connectivity index (χ1n) is 6.12. The monoisotopic (exact) mass is 472 g/mol. The van der Waals surface area contributed by atoms with E-state index in [1.807, 2.05) is 0 Å². The van der Waals surface area contributed by atoms with E-state index in [1.54, 1.807) is 0 Å². The summed E-state index contributed by atoms with van der Waals surface area (Å²) in [6, 6.07) is -6.64. The third-order valence-corrected chi connectivity index (χ3v) is 3.06. The molecule has 0 saturated carbocycles. The van der Waals surface area contributed by atoms with Crippen molar-refractivity contribution < 1.29 is 75.7 Å². The zero-order valence-electron chi connectivity index (χ0n) is 12.5. The highest BCUT2D eigenvalue weighted by molar-refractivity contribution is 5.00. The van der Waals surface area contributed by atoms with Crippen molar-refractivity contribution in [1.29, 1.82) is 0 Å². The first kappa shape index (κ1) is 30.1. The van der Waals surface area contributed by atoms with Gasteiger partial charge in [-0.15, -0.1) is 0 Å². The van der Waals surface area contributed by atoms with E-state index < -0.39 is 61.8 Å². The van der Waals surface area contributed by atoms with Gasteiger partial charge in [-0.1, -0.05) is 14.9 Å². The third-order valence-electron chi connectivity index (χ3n) is 3.06. The quantitative estimate of drug-likeness (QED) is 0.449. The second kappa shape index (κ2) is 7.25. The molecule has 1 rings (SSSR count). The Morgan fingerprint density at radius 3 is 1.38 bits per heavy atom. The van der Waals surface area contributed by atoms with Crippen molar-refractivity contribution >= 4 is 0 Å². The number of rotatable bonds is 3. The van der Waals surface area contributed by atoms with Crippen LogP contribution < -0.4 is 0 Å². The Labute approximate surface area is 153 Å². The van der Waals surface area contributed by atoms with Gasteiger partial charge in [0.25, 0.3) is 0 Å². The SMILES string of the molecule is C.C.CC(F)(F)C(F)(OC1(F)OC(C)(F)C(F)(F)OC1(F)C(F)(F)F)C(F)(F)F. The zero-order valence-corrected chi connectivity index (χ0v) is 12.5. The molecule has 0 spiro atoms. The smallest absolute Gasteiger partial charge is 0.273 e. The van der Waals surface area contributed by atoms with Crippen LogP contribution in [0.4, 0.5) is 61.5 Å². The largest absolute Gasteiger partial charge is 0.457 e. The topological polar surface area (TPSA) is 27.7 Å². The van der Waals surface area contributed by atoms with Crippen LogP contribution in [0.3, 0.4) is 0 Å². The molecule has 1 aliphatic rings. The van der Waals surface area contributed by atoms with E-state index in [9.17, 15) is 61.5 Å². The molecule has 1 heterocycles. The second-order valence-corrected chi connectivity index (χ2v) is 5.35. The van der Waals surface area contributed by atoms with Gasteiger partial charge in [0.05, 0.1) is 0 Å². The molecule has 178 valence electrons. The summed E-state index contributed by atoms with van der Waals surface area (Å²) in [7, 11) is 0. The highest BCUT2D eigenvalue weighted by Crippen LogP contribution is 2.60. The lowest BCUT2D eigenvalue weighted by Gasteiger charge is -2.50. The third kappa shape index (κ3) is 4.35. The maximum absolute atomic E-state index is 14.2. The van der Waals surface area contributed by atoms with Crippen LogP contribution in [0.2, 0.25) is 0 Å². The van der Waals surface area contributed by atoms with Gasteiger partial charge >= 0.3 is 48.0 Å². The Kier molecular flexibility index (Phi) is 7.52. The van der Waals surface area contributed by atoms with Crippen molar-refractivity contribution in [3.05, 3.63) is 0 Å². The molecule has 17 heteroatoms. The molecule has 0 aliphatic carbocycles.